The molecule has 0 unspecified atom stereocenters. The number of hydrogen-bond donors (Lipinski definition) is 3. The third kappa shape index (κ3) is 4.44. The van der Waals surface area contributed by atoms with Crippen molar-refractivity contribution in [3.63, 3.8) is 0 Å². The molecule has 0 spiro atoms. The van der Waals surface area contributed by atoms with E-state index in [9.17, 15) is 19.1 Å². The van der Waals surface area contributed by atoms with Crippen LogP contribution >= 0.6 is 0 Å². The number of hydrogen-bond acceptors (Lipinski definition) is 5. The lowest BCUT2D eigenvalue weighted by Crippen LogP contribution is -2.53. The maximum atomic E-state index is 13.9. The van der Waals surface area contributed by atoms with Crippen molar-refractivity contribution in [2.75, 3.05) is 46.6 Å². The zero-order valence-electron chi connectivity index (χ0n) is 15.0. The lowest BCUT2D eigenvalue weighted by molar-refractivity contribution is -0.126. The molecule has 1 atom stereocenters. The van der Waals surface area contributed by atoms with Crippen molar-refractivity contribution >= 4 is 22.7 Å². The molecule has 27 heavy (non-hydrogen) atoms. The van der Waals surface area contributed by atoms with Gasteiger partial charge in [0.25, 0.3) is 5.91 Å². The Morgan fingerprint density at radius 3 is 3.04 bits per heavy atom. The molecule has 9 heteroatoms. The molecule has 0 aliphatic carbocycles. The molecule has 1 aromatic carbocycles. The minimum absolute atomic E-state index is 0.0224. The number of halogens is 1. The summed E-state index contributed by atoms with van der Waals surface area (Å²) in [5, 5.41) is 13.9. The highest BCUT2D eigenvalue weighted by atomic mass is 19.1. The number of ether oxygens (including phenoxy) is 2. The number of nitrogens with zero attached hydrogens (tertiary/aromatic N) is 1. The first kappa shape index (κ1) is 19.3. The SMILES string of the molecule is COCC(=O)NC[C@]1(O)COCCN(C(=O)c2cc3cccc(F)c3[nH]2)C1. The minimum Gasteiger partial charge on any atom is -0.384 e. The van der Waals surface area contributed by atoms with Crippen molar-refractivity contribution in [3.05, 3.63) is 35.8 Å². The molecule has 3 N–H and O–H groups in total. The number of amides is 2. The molecule has 1 aliphatic rings. The molecule has 2 amide bonds. The third-order valence-corrected chi connectivity index (χ3v) is 4.37. The third-order valence-electron chi connectivity index (χ3n) is 4.37. The van der Waals surface area contributed by atoms with E-state index in [1.807, 2.05) is 0 Å². The lowest BCUT2D eigenvalue weighted by Gasteiger charge is -2.30. The predicted octanol–water partition coefficient (Wildman–Crippen LogP) is 0.273. The molecule has 0 bridgehead atoms. The molecule has 146 valence electrons. The normalized spacial score (nSPS) is 20.5. The number of nitrogens with one attached hydrogen (secondary N) is 2. The molecule has 0 saturated carbocycles. The number of carbonyl (C=O) groups is 2. The van der Waals surface area contributed by atoms with Crippen molar-refractivity contribution in [2.24, 2.45) is 0 Å². The van der Waals surface area contributed by atoms with Gasteiger partial charge in [0.1, 0.15) is 23.7 Å². The fourth-order valence-corrected chi connectivity index (χ4v) is 3.05. The molecule has 1 aromatic heterocycles. The van der Waals surface area contributed by atoms with Crippen molar-refractivity contribution < 1.29 is 28.6 Å². The van der Waals surface area contributed by atoms with Crippen molar-refractivity contribution in [2.45, 2.75) is 5.60 Å². The topological polar surface area (TPSA) is 104 Å². The van der Waals surface area contributed by atoms with E-state index < -0.39 is 11.4 Å². The Kier molecular flexibility index (Phi) is 5.73. The van der Waals surface area contributed by atoms with Crippen molar-refractivity contribution in [3.8, 4) is 0 Å². The van der Waals surface area contributed by atoms with Gasteiger partial charge in [-0.25, -0.2) is 4.39 Å². The van der Waals surface area contributed by atoms with Crippen LogP contribution in [0.2, 0.25) is 0 Å². The number of carbonyl (C=O) groups excluding carboxylic acids is 2. The summed E-state index contributed by atoms with van der Waals surface area (Å²) in [5.41, 5.74) is -0.955. The lowest BCUT2D eigenvalue weighted by atomic mass is 10.0. The van der Waals surface area contributed by atoms with E-state index in [2.05, 4.69) is 10.3 Å². The van der Waals surface area contributed by atoms with Gasteiger partial charge < -0.3 is 29.8 Å². The first-order chi connectivity index (χ1) is 12.9. The fourth-order valence-electron chi connectivity index (χ4n) is 3.05. The highest BCUT2D eigenvalue weighted by Crippen LogP contribution is 2.21. The first-order valence-corrected chi connectivity index (χ1v) is 8.54. The van der Waals surface area contributed by atoms with E-state index in [1.54, 1.807) is 18.2 Å². The number of aliphatic hydroxyl groups is 1. The van der Waals surface area contributed by atoms with Gasteiger partial charge in [0.15, 0.2) is 0 Å². The van der Waals surface area contributed by atoms with Crippen LogP contribution in [0.5, 0.6) is 0 Å². The first-order valence-electron chi connectivity index (χ1n) is 8.54. The van der Waals surface area contributed by atoms with E-state index in [-0.39, 0.29) is 62.5 Å². The van der Waals surface area contributed by atoms with E-state index in [0.717, 1.165) is 0 Å². The van der Waals surface area contributed by atoms with Gasteiger partial charge in [-0.05, 0) is 12.1 Å². The van der Waals surface area contributed by atoms with Crippen molar-refractivity contribution in [1.82, 2.24) is 15.2 Å². The van der Waals surface area contributed by atoms with Crippen LogP contribution in [0, 0.1) is 5.82 Å². The Labute approximate surface area is 155 Å². The number of fused-ring (bicyclic) bond motifs is 1. The average Bonchev–Trinajstić information content (AvgIpc) is 2.98. The number of methoxy groups -OCH3 is 1. The zero-order valence-corrected chi connectivity index (χ0v) is 15.0. The van der Waals surface area contributed by atoms with Gasteiger partial charge >= 0.3 is 0 Å². The van der Waals surface area contributed by atoms with Gasteiger partial charge in [0, 0.05) is 19.0 Å². The number of H-pyrrole nitrogens is 1. The second kappa shape index (κ2) is 8.03. The van der Waals surface area contributed by atoms with Gasteiger partial charge in [-0.15, -0.1) is 0 Å². The Balaban J connectivity index is 1.74. The Morgan fingerprint density at radius 1 is 1.48 bits per heavy atom. The number of aromatic amines is 1. The molecular formula is C18H22FN3O5. The number of benzene rings is 1. The zero-order chi connectivity index (χ0) is 19.4. The summed E-state index contributed by atoms with van der Waals surface area (Å²) in [4.78, 5) is 28.7. The number of aromatic nitrogens is 1. The maximum Gasteiger partial charge on any atom is 0.270 e. The molecule has 0 radical (unpaired) electrons. The molecule has 3 rings (SSSR count). The fraction of sp³-hybridized carbons (Fsp3) is 0.444. The van der Waals surface area contributed by atoms with Crippen LogP contribution in [0.4, 0.5) is 4.39 Å². The second-order valence-corrected chi connectivity index (χ2v) is 6.60. The van der Waals surface area contributed by atoms with Crippen LogP contribution in [0.1, 0.15) is 10.5 Å². The standard InChI is InChI=1S/C18H22FN3O5/c1-26-8-15(23)20-9-18(25)10-22(5-6-27-11-18)17(24)14-7-12-3-2-4-13(19)16(12)21-14/h2-4,7,21,25H,5-6,8-11H2,1H3,(H,20,23)/t18-/m1/s1. The predicted molar refractivity (Wildman–Crippen MR) is 94.8 cm³/mol. The van der Waals surface area contributed by atoms with Gasteiger partial charge in [0.05, 0.1) is 31.8 Å². The highest BCUT2D eigenvalue weighted by Gasteiger charge is 2.35. The quantitative estimate of drug-likeness (QED) is 0.692. The molecule has 1 aliphatic heterocycles. The Bertz CT molecular complexity index is 840. The summed E-state index contributed by atoms with van der Waals surface area (Å²) in [6.45, 7) is 0.252. The molecule has 1 saturated heterocycles. The van der Waals surface area contributed by atoms with E-state index in [4.69, 9.17) is 9.47 Å². The summed E-state index contributed by atoms with van der Waals surface area (Å²) in [6.07, 6.45) is 0. The highest BCUT2D eigenvalue weighted by molar-refractivity contribution is 5.98. The second-order valence-electron chi connectivity index (χ2n) is 6.60. The van der Waals surface area contributed by atoms with Gasteiger partial charge in [-0.3, -0.25) is 9.59 Å². The summed E-state index contributed by atoms with van der Waals surface area (Å²) < 4.78 is 24.0. The Hall–Kier alpha value is -2.49. The van der Waals surface area contributed by atoms with Gasteiger partial charge in [-0.2, -0.15) is 0 Å². The van der Waals surface area contributed by atoms with Gasteiger partial charge in [0.2, 0.25) is 5.91 Å². The van der Waals surface area contributed by atoms with Crippen LogP contribution in [0.3, 0.4) is 0 Å². The van der Waals surface area contributed by atoms with E-state index in [0.29, 0.717) is 5.39 Å². The van der Waals surface area contributed by atoms with E-state index in [1.165, 1.54) is 18.1 Å². The summed E-state index contributed by atoms with van der Waals surface area (Å²) in [5.74, 6) is -1.19. The number of para-hydroxylation sites is 1. The smallest absolute Gasteiger partial charge is 0.270 e. The summed E-state index contributed by atoms with van der Waals surface area (Å²) >= 11 is 0. The largest absolute Gasteiger partial charge is 0.384 e. The Morgan fingerprint density at radius 2 is 2.30 bits per heavy atom. The van der Waals surface area contributed by atoms with Crippen molar-refractivity contribution in [1.29, 1.82) is 0 Å². The van der Waals surface area contributed by atoms with Gasteiger partial charge in [-0.1, -0.05) is 12.1 Å². The molecule has 2 heterocycles. The summed E-state index contributed by atoms with van der Waals surface area (Å²) in [6, 6.07) is 6.17. The maximum absolute atomic E-state index is 13.9. The molecular weight excluding hydrogens is 357 g/mol. The minimum atomic E-state index is -1.44. The average molecular weight is 379 g/mol. The number of β-amino-alcohol motifs (C(OH)–C–C–N with tert-alkyl or cyclic N) is 1. The van der Waals surface area contributed by atoms with Crippen LogP contribution in [-0.4, -0.2) is 79.0 Å². The van der Waals surface area contributed by atoms with Crippen LogP contribution in [0.15, 0.2) is 24.3 Å². The van der Waals surface area contributed by atoms with Crippen LogP contribution < -0.4 is 5.32 Å². The molecule has 2 aromatic rings. The number of rotatable bonds is 5. The summed E-state index contributed by atoms with van der Waals surface area (Å²) in [7, 11) is 1.40. The molecule has 8 nitrogen and oxygen atoms in total. The monoisotopic (exact) mass is 379 g/mol. The van der Waals surface area contributed by atoms with E-state index >= 15 is 0 Å². The van der Waals surface area contributed by atoms with Crippen LogP contribution in [0.25, 0.3) is 10.9 Å². The van der Waals surface area contributed by atoms with Crippen LogP contribution in [-0.2, 0) is 14.3 Å². The molecule has 1 fully saturated rings.